The molecule has 1 aliphatic rings. The van der Waals surface area contributed by atoms with Gasteiger partial charge >= 0.3 is 0 Å². The summed E-state index contributed by atoms with van der Waals surface area (Å²) in [5.41, 5.74) is 0. The molecule has 0 amide bonds. The van der Waals surface area contributed by atoms with Gasteiger partial charge in [0, 0.05) is 0 Å². The van der Waals surface area contributed by atoms with Crippen LogP contribution in [0, 0.1) is 0 Å². The summed E-state index contributed by atoms with van der Waals surface area (Å²) in [5, 5.41) is 8.97. The zero-order chi connectivity index (χ0) is 6.69. The molecule has 0 aromatic carbocycles. The van der Waals surface area contributed by atoms with Gasteiger partial charge in [-0.25, -0.2) is 9.78 Å². The molecule has 0 aliphatic carbocycles. The highest BCUT2D eigenvalue weighted by molar-refractivity contribution is 4.64. The van der Waals surface area contributed by atoms with Crippen molar-refractivity contribution < 1.29 is 14.9 Å². The fourth-order valence-electron chi connectivity index (χ4n) is 0.849. The Kier molecular flexibility index (Phi) is 2.45. The first-order valence-corrected chi connectivity index (χ1v) is 3.27. The van der Waals surface area contributed by atoms with Crippen molar-refractivity contribution in [2.45, 2.75) is 32.0 Å². The van der Waals surface area contributed by atoms with E-state index in [0.717, 1.165) is 12.8 Å². The minimum atomic E-state index is -0.412. The predicted octanol–water partition coefficient (Wildman–Crippen LogP) is 0.478. The second kappa shape index (κ2) is 3.15. The van der Waals surface area contributed by atoms with Crippen LogP contribution in [-0.4, -0.2) is 23.9 Å². The van der Waals surface area contributed by atoms with Gasteiger partial charge in [0.15, 0.2) is 0 Å². The van der Waals surface area contributed by atoms with Gasteiger partial charge in [-0.1, -0.05) is 0 Å². The number of hydrogen-bond acceptors (Lipinski definition) is 3. The maximum Gasteiger partial charge on any atom is 0.119 e. The minimum absolute atomic E-state index is 0.112. The Morgan fingerprint density at radius 3 is 2.78 bits per heavy atom. The molecule has 3 heteroatoms. The van der Waals surface area contributed by atoms with Gasteiger partial charge in [0.2, 0.25) is 0 Å². The van der Waals surface area contributed by atoms with Crippen molar-refractivity contribution in [2.75, 3.05) is 6.61 Å². The van der Waals surface area contributed by atoms with Crippen LogP contribution in [0.25, 0.3) is 0 Å². The van der Waals surface area contributed by atoms with E-state index in [1.807, 2.05) is 0 Å². The molecule has 9 heavy (non-hydrogen) atoms. The lowest BCUT2D eigenvalue weighted by Crippen LogP contribution is -2.30. The lowest BCUT2D eigenvalue weighted by molar-refractivity contribution is -0.356. The highest BCUT2D eigenvalue weighted by Gasteiger charge is 2.19. The molecule has 2 atom stereocenters. The Labute approximate surface area is 54.5 Å². The third kappa shape index (κ3) is 1.93. The van der Waals surface area contributed by atoms with Crippen molar-refractivity contribution in [3.8, 4) is 0 Å². The maximum atomic E-state index is 8.97. The average molecular weight is 132 g/mol. The van der Waals surface area contributed by atoms with Gasteiger partial charge in [-0.3, -0.25) is 0 Å². The first kappa shape index (κ1) is 6.99. The summed E-state index contributed by atoms with van der Waals surface area (Å²) in [6.45, 7) is 2.36. The van der Waals surface area contributed by atoms with Crippen LogP contribution in [0.4, 0.5) is 0 Å². The van der Waals surface area contributed by atoms with Gasteiger partial charge in [-0.05, 0) is 19.8 Å². The molecule has 0 aromatic heterocycles. The maximum absolute atomic E-state index is 8.97. The molecule has 1 heterocycles. The lowest BCUT2D eigenvalue weighted by Gasteiger charge is -2.22. The molecule has 0 saturated carbocycles. The van der Waals surface area contributed by atoms with E-state index in [2.05, 4.69) is 4.89 Å². The van der Waals surface area contributed by atoms with Crippen molar-refractivity contribution in [2.24, 2.45) is 0 Å². The normalized spacial score (nSPS) is 32.0. The quantitative estimate of drug-likeness (QED) is 0.527. The van der Waals surface area contributed by atoms with E-state index in [1.165, 1.54) is 0 Å². The van der Waals surface area contributed by atoms with Crippen LogP contribution >= 0.6 is 0 Å². The zero-order valence-corrected chi connectivity index (χ0v) is 5.54. The summed E-state index contributed by atoms with van der Waals surface area (Å²) in [4.78, 5) is 9.47. The zero-order valence-electron chi connectivity index (χ0n) is 5.54. The summed E-state index contributed by atoms with van der Waals surface area (Å²) >= 11 is 0. The summed E-state index contributed by atoms with van der Waals surface area (Å²) in [6, 6.07) is 0. The monoisotopic (exact) mass is 132 g/mol. The van der Waals surface area contributed by atoms with E-state index in [9.17, 15) is 0 Å². The molecule has 1 fully saturated rings. The van der Waals surface area contributed by atoms with E-state index in [4.69, 9.17) is 9.99 Å². The van der Waals surface area contributed by atoms with Gasteiger partial charge in [0.25, 0.3) is 0 Å². The molecular formula is C6H12O3. The van der Waals surface area contributed by atoms with Crippen molar-refractivity contribution >= 4 is 0 Å². The SMILES string of the molecule is CC(O)C1CCCOO1. The lowest BCUT2D eigenvalue weighted by atomic mass is 10.1. The molecule has 1 saturated heterocycles. The van der Waals surface area contributed by atoms with Crippen molar-refractivity contribution in [1.29, 1.82) is 0 Å². The first-order valence-electron chi connectivity index (χ1n) is 3.27. The van der Waals surface area contributed by atoms with Gasteiger partial charge < -0.3 is 5.11 Å². The van der Waals surface area contributed by atoms with Crippen LogP contribution in [0.2, 0.25) is 0 Å². The minimum Gasteiger partial charge on any atom is -0.391 e. The second-order valence-electron chi connectivity index (χ2n) is 2.34. The topological polar surface area (TPSA) is 38.7 Å². The Bertz CT molecular complexity index is 76.4. The fraction of sp³-hybridized carbons (Fsp3) is 1.00. The third-order valence-electron chi connectivity index (χ3n) is 1.45. The third-order valence-corrected chi connectivity index (χ3v) is 1.45. The highest BCUT2D eigenvalue weighted by atomic mass is 17.2. The molecule has 0 bridgehead atoms. The van der Waals surface area contributed by atoms with Crippen molar-refractivity contribution in [3.63, 3.8) is 0 Å². The summed E-state index contributed by atoms with van der Waals surface area (Å²) in [6.07, 6.45) is 1.36. The Morgan fingerprint density at radius 2 is 2.44 bits per heavy atom. The van der Waals surface area contributed by atoms with Crippen LogP contribution in [0.3, 0.4) is 0 Å². The number of aliphatic hydroxyl groups excluding tert-OH is 1. The predicted molar refractivity (Wildman–Crippen MR) is 31.7 cm³/mol. The second-order valence-corrected chi connectivity index (χ2v) is 2.34. The van der Waals surface area contributed by atoms with Crippen LogP contribution < -0.4 is 0 Å². The molecule has 1 rings (SSSR count). The molecule has 1 aliphatic heterocycles. The molecule has 1 N–H and O–H groups in total. The largest absolute Gasteiger partial charge is 0.391 e. The van der Waals surface area contributed by atoms with Gasteiger partial charge in [-0.15, -0.1) is 0 Å². The molecule has 0 aromatic rings. The highest BCUT2D eigenvalue weighted by Crippen LogP contribution is 2.12. The summed E-state index contributed by atoms with van der Waals surface area (Å²) in [5.74, 6) is 0. The number of hydrogen-bond donors (Lipinski definition) is 1. The van der Waals surface area contributed by atoms with Gasteiger partial charge in [0.05, 0.1) is 12.7 Å². The van der Waals surface area contributed by atoms with Gasteiger partial charge in [0.1, 0.15) is 6.10 Å². The van der Waals surface area contributed by atoms with Gasteiger partial charge in [-0.2, -0.15) is 0 Å². The van der Waals surface area contributed by atoms with Crippen LogP contribution in [0.5, 0.6) is 0 Å². The summed E-state index contributed by atoms with van der Waals surface area (Å²) in [7, 11) is 0. The fourth-order valence-corrected chi connectivity index (χ4v) is 0.849. The molecule has 2 unspecified atom stereocenters. The Morgan fingerprint density at radius 1 is 1.67 bits per heavy atom. The van der Waals surface area contributed by atoms with Crippen molar-refractivity contribution in [3.05, 3.63) is 0 Å². The molecular weight excluding hydrogens is 120 g/mol. The van der Waals surface area contributed by atoms with E-state index in [-0.39, 0.29) is 6.10 Å². The van der Waals surface area contributed by atoms with Crippen LogP contribution in [-0.2, 0) is 9.78 Å². The molecule has 54 valence electrons. The first-order chi connectivity index (χ1) is 4.30. The summed E-state index contributed by atoms with van der Waals surface area (Å²) < 4.78 is 0. The van der Waals surface area contributed by atoms with E-state index >= 15 is 0 Å². The standard InChI is InChI=1S/C6H12O3/c1-5(7)6-3-2-4-8-9-6/h5-7H,2-4H2,1H3. The van der Waals surface area contributed by atoms with Crippen LogP contribution in [0.1, 0.15) is 19.8 Å². The van der Waals surface area contributed by atoms with Crippen molar-refractivity contribution in [1.82, 2.24) is 0 Å². The molecule has 3 nitrogen and oxygen atoms in total. The van der Waals surface area contributed by atoms with Crippen LogP contribution in [0.15, 0.2) is 0 Å². The number of rotatable bonds is 1. The van der Waals surface area contributed by atoms with E-state index in [1.54, 1.807) is 6.92 Å². The Hall–Kier alpha value is -0.120. The average Bonchev–Trinajstić information content (AvgIpc) is 1.90. The van der Waals surface area contributed by atoms with E-state index < -0.39 is 6.10 Å². The number of aliphatic hydroxyl groups is 1. The smallest absolute Gasteiger partial charge is 0.119 e. The molecule has 0 spiro atoms. The van der Waals surface area contributed by atoms with E-state index in [0.29, 0.717) is 6.61 Å². The molecule has 0 radical (unpaired) electrons. The Balaban J connectivity index is 2.23.